The lowest BCUT2D eigenvalue weighted by molar-refractivity contribution is 0.0528. The first-order valence-corrected chi connectivity index (χ1v) is 6.20. The zero-order valence-corrected chi connectivity index (χ0v) is 11.4. The van der Waals surface area contributed by atoms with Gasteiger partial charge < -0.3 is 15.0 Å². The zero-order valence-electron chi connectivity index (χ0n) is 11.4. The van der Waals surface area contributed by atoms with Crippen molar-refractivity contribution in [3.8, 4) is 0 Å². The van der Waals surface area contributed by atoms with Gasteiger partial charge in [-0.15, -0.1) is 0 Å². The predicted octanol–water partition coefficient (Wildman–Crippen LogP) is 2.03. The van der Waals surface area contributed by atoms with Gasteiger partial charge in [0.15, 0.2) is 5.65 Å². The monoisotopic (exact) mass is 262 g/mol. The highest BCUT2D eigenvalue weighted by Gasteiger charge is 2.15. The van der Waals surface area contributed by atoms with Crippen LogP contribution in [0.25, 0.3) is 11.2 Å². The summed E-state index contributed by atoms with van der Waals surface area (Å²) in [4.78, 5) is 23.1. The highest BCUT2D eigenvalue weighted by Crippen LogP contribution is 2.08. The Kier molecular flexibility index (Phi) is 3.69. The third-order valence-electron chi connectivity index (χ3n) is 2.34. The van der Waals surface area contributed by atoms with E-state index in [0.717, 1.165) is 11.3 Å². The minimum Gasteiger partial charge on any atom is -0.444 e. The number of nitrogens with zero attached hydrogens (tertiary/aromatic N) is 2. The first kappa shape index (κ1) is 13.3. The molecule has 1 amide bonds. The maximum absolute atomic E-state index is 11.4. The highest BCUT2D eigenvalue weighted by atomic mass is 16.6. The van der Waals surface area contributed by atoms with Gasteiger partial charge in [0, 0.05) is 19.2 Å². The first-order valence-electron chi connectivity index (χ1n) is 6.20. The number of fused-ring (bicyclic) bond motifs is 1. The molecule has 6 nitrogen and oxygen atoms in total. The molecule has 0 saturated carbocycles. The lowest BCUT2D eigenvalue weighted by atomic mass is 10.2. The molecular formula is C13H18N4O2. The van der Waals surface area contributed by atoms with Crippen molar-refractivity contribution < 1.29 is 9.53 Å². The fourth-order valence-electron chi connectivity index (χ4n) is 1.61. The summed E-state index contributed by atoms with van der Waals surface area (Å²) in [5.41, 5.74) is 1.11. The van der Waals surface area contributed by atoms with Crippen LogP contribution in [0.1, 0.15) is 26.6 Å². The normalized spacial score (nSPS) is 11.5. The van der Waals surface area contributed by atoms with Gasteiger partial charge in [0.25, 0.3) is 0 Å². The van der Waals surface area contributed by atoms with Crippen molar-refractivity contribution in [2.75, 3.05) is 6.54 Å². The number of aromatic amines is 1. The van der Waals surface area contributed by atoms with E-state index in [1.54, 1.807) is 6.20 Å². The molecule has 0 aliphatic heterocycles. The summed E-state index contributed by atoms with van der Waals surface area (Å²) in [6.07, 6.45) is 1.89. The summed E-state index contributed by atoms with van der Waals surface area (Å²) in [5, 5.41) is 2.69. The van der Waals surface area contributed by atoms with Crippen molar-refractivity contribution in [1.29, 1.82) is 0 Å². The van der Waals surface area contributed by atoms with E-state index in [-0.39, 0.29) is 0 Å². The van der Waals surface area contributed by atoms with E-state index in [2.05, 4.69) is 20.3 Å². The van der Waals surface area contributed by atoms with Gasteiger partial charge in [-0.25, -0.2) is 14.8 Å². The number of aromatic nitrogens is 3. The van der Waals surface area contributed by atoms with Crippen molar-refractivity contribution in [2.45, 2.75) is 32.8 Å². The molecule has 0 aromatic carbocycles. The summed E-state index contributed by atoms with van der Waals surface area (Å²) >= 11 is 0. The average molecular weight is 262 g/mol. The van der Waals surface area contributed by atoms with Crippen molar-refractivity contribution in [3.63, 3.8) is 0 Å². The molecule has 0 spiro atoms. The number of imidazole rings is 1. The Balaban J connectivity index is 1.84. The Morgan fingerprint density at radius 2 is 2.26 bits per heavy atom. The summed E-state index contributed by atoms with van der Waals surface area (Å²) in [6.45, 7) is 5.96. The van der Waals surface area contributed by atoms with Crippen LogP contribution in [-0.2, 0) is 11.2 Å². The molecule has 2 aromatic heterocycles. The number of amides is 1. The van der Waals surface area contributed by atoms with Crippen LogP contribution in [0.15, 0.2) is 18.3 Å². The molecule has 102 valence electrons. The minimum atomic E-state index is -0.479. The second-order valence-corrected chi connectivity index (χ2v) is 5.24. The molecule has 0 atom stereocenters. The molecular weight excluding hydrogens is 244 g/mol. The lowest BCUT2D eigenvalue weighted by Gasteiger charge is -2.19. The first-order chi connectivity index (χ1) is 8.94. The van der Waals surface area contributed by atoms with Crippen LogP contribution in [0.3, 0.4) is 0 Å². The summed E-state index contributed by atoms with van der Waals surface area (Å²) in [7, 11) is 0. The second kappa shape index (κ2) is 5.26. The fraction of sp³-hybridized carbons (Fsp3) is 0.462. The van der Waals surface area contributed by atoms with Gasteiger partial charge in [0.05, 0.1) is 5.52 Å². The van der Waals surface area contributed by atoms with Gasteiger partial charge >= 0.3 is 6.09 Å². The van der Waals surface area contributed by atoms with Crippen LogP contribution in [0.2, 0.25) is 0 Å². The van der Waals surface area contributed by atoms with Gasteiger partial charge in [-0.2, -0.15) is 0 Å². The Hall–Kier alpha value is -2.11. The molecule has 2 heterocycles. The molecule has 2 rings (SSSR count). The fourth-order valence-corrected chi connectivity index (χ4v) is 1.61. The summed E-state index contributed by atoms with van der Waals surface area (Å²) in [5.74, 6) is 0.796. The molecule has 0 aliphatic rings. The van der Waals surface area contributed by atoms with Gasteiger partial charge in [-0.1, -0.05) is 0 Å². The molecule has 2 N–H and O–H groups in total. The molecule has 6 heteroatoms. The van der Waals surface area contributed by atoms with Crippen molar-refractivity contribution in [2.24, 2.45) is 0 Å². The van der Waals surface area contributed by atoms with Crippen molar-refractivity contribution in [1.82, 2.24) is 20.3 Å². The van der Waals surface area contributed by atoms with Crippen molar-refractivity contribution >= 4 is 17.3 Å². The van der Waals surface area contributed by atoms with E-state index < -0.39 is 11.7 Å². The van der Waals surface area contributed by atoms with Crippen LogP contribution in [0, 0.1) is 0 Å². The average Bonchev–Trinajstić information content (AvgIpc) is 2.68. The van der Waals surface area contributed by atoms with Gasteiger partial charge in [0.2, 0.25) is 0 Å². The molecule has 2 aromatic rings. The predicted molar refractivity (Wildman–Crippen MR) is 71.8 cm³/mol. The number of H-pyrrole nitrogens is 1. The molecule has 0 radical (unpaired) electrons. The number of nitrogens with one attached hydrogen (secondary N) is 2. The van der Waals surface area contributed by atoms with E-state index in [1.165, 1.54) is 0 Å². The van der Waals surface area contributed by atoms with Gasteiger partial charge in [-0.3, -0.25) is 0 Å². The number of carbonyl (C=O) groups excluding carboxylic acids is 1. The molecule has 0 bridgehead atoms. The molecule has 0 unspecified atom stereocenters. The van der Waals surface area contributed by atoms with Gasteiger partial charge in [-0.05, 0) is 32.9 Å². The largest absolute Gasteiger partial charge is 0.444 e. The maximum atomic E-state index is 11.4. The minimum absolute atomic E-state index is 0.415. The van der Waals surface area contributed by atoms with Crippen LogP contribution < -0.4 is 5.32 Å². The topological polar surface area (TPSA) is 79.9 Å². The number of rotatable bonds is 3. The smallest absolute Gasteiger partial charge is 0.407 e. The maximum Gasteiger partial charge on any atom is 0.407 e. The highest BCUT2D eigenvalue weighted by molar-refractivity contribution is 5.70. The number of alkyl carbamates (subject to hydrolysis) is 1. The Morgan fingerprint density at radius 3 is 2.95 bits per heavy atom. The number of carbonyl (C=O) groups is 1. The van der Waals surface area contributed by atoms with E-state index >= 15 is 0 Å². The van der Waals surface area contributed by atoms with Crippen LogP contribution >= 0.6 is 0 Å². The molecule has 0 aliphatic carbocycles. The Morgan fingerprint density at radius 1 is 1.47 bits per heavy atom. The standard InChI is InChI=1S/C13H18N4O2/c1-13(2,3)19-12(18)15-8-6-10-16-9-5-4-7-14-11(9)17-10/h4-5,7H,6,8H2,1-3H3,(H,15,18)(H,14,16,17). The Labute approximate surface area is 111 Å². The lowest BCUT2D eigenvalue weighted by Crippen LogP contribution is -2.33. The van der Waals surface area contributed by atoms with Crippen LogP contribution in [0.5, 0.6) is 0 Å². The summed E-state index contributed by atoms with van der Waals surface area (Å²) < 4.78 is 5.14. The third-order valence-corrected chi connectivity index (χ3v) is 2.34. The van der Waals surface area contributed by atoms with Crippen LogP contribution in [0.4, 0.5) is 4.79 Å². The number of hydrogen-bond acceptors (Lipinski definition) is 4. The number of hydrogen-bond donors (Lipinski definition) is 2. The SMILES string of the molecule is CC(C)(C)OC(=O)NCCc1nc2ncccc2[nH]1. The number of ether oxygens (including phenoxy) is 1. The quantitative estimate of drug-likeness (QED) is 0.887. The second-order valence-electron chi connectivity index (χ2n) is 5.24. The Bertz CT molecular complexity index is 538. The van der Waals surface area contributed by atoms with E-state index in [0.29, 0.717) is 18.6 Å². The van der Waals surface area contributed by atoms with Crippen LogP contribution in [-0.4, -0.2) is 33.2 Å². The molecule has 19 heavy (non-hydrogen) atoms. The third kappa shape index (κ3) is 3.94. The van der Waals surface area contributed by atoms with E-state index in [1.807, 2.05) is 32.9 Å². The van der Waals surface area contributed by atoms with E-state index in [4.69, 9.17) is 4.74 Å². The molecule has 0 fully saturated rings. The number of pyridine rings is 1. The molecule has 0 saturated heterocycles. The zero-order chi connectivity index (χ0) is 13.9. The van der Waals surface area contributed by atoms with E-state index in [9.17, 15) is 4.79 Å². The van der Waals surface area contributed by atoms with Gasteiger partial charge in [0.1, 0.15) is 11.4 Å². The summed E-state index contributed by atoms with van der Waals surface area (Å²) in [6, 6.07) is 3.77. The van der Waals surface area contributed by atoms with Crippen molar-refractivity contribution in [3.05, 3.63) is 24.2 Å².